The molecule has 0 saturated carbocycles. The Morgan fingerprint density at radius 2 is 1.72 bits per heavy atom. The van der Waals surface area contributed by atoms with Crippen LogP contribution in [-0.2, 0) is 0 Å². The molecule has 5 nitrogen and oxygen atoms in total. The first-order chi connectivity index (χ1) is 14.1. The molecule has 1 atom stereocenters. The van der Waals surface area contributed by atoms with Gasteiger partial charge < -0.3 is 10.6 Å². The summed E-state index contributed by atoms with van der Waals surface area (Å²) in [5.41, 5.74) is 3.88. The summed E-state index contributed by atoms with van der Waals surface area (Å²) in [5.74, 6) is 0.296. The van der Waals surface area contributed by atoms with Crippen molar-refractivity contribution in [3.63, 3.8) is 0 Å². The Morgan fingerprint density at radius 3 is 2.45 bits per heavy atom. The molecule has 0 radical (unpaired) electrons. The normalized spacial score (nSPS) is 12.0. The summed E-state index contributed by atoms with van der Waals surface area (Å²) in [6, 6.07) is 12.3. The van der Waals surface area contributed by atoms with Crippen LogP contribution in [0.4, 0.5) is 16.0 Å². The fourth-order valence-corrected chi connectivity index (χ4v) is 3.43. The monoisotopic (exact) mass is 407 g/mol. The highest BCUT2D eigenvalue weighted by atomic mass is 35.5. The molecule has 0 aliphatic rings. The topological polar surface area (TPSA) is 62.7 Å². The maximum Gasteiger partial charge on any atom is 0.222 e. The van der Waals surface area contributed by atoms with Crippen molar-refractivity contribution in [2.24, 2.45) is 0 Å². The molecule has 29 heavy (non-hydrogen) atoms. The van der Waals surface area contributed by atoms with Gasteiger partial charge in [0.05, 0.1) is 22.3 Å². The Hall–Kier alpha value is -3.25. The maximum absolute atomic E-state index is 14.2. The molecule has 7 heteroatoms. The van der Waals surface area contributed by atoms with E-state index in [1.165, 1.54) is 6.07 Å². The summed E-state index contributed by atoms with van der Waals surface area (Å²) in [5, 5.41) is 7.57. The average molecular weight is 408 g/mol. The number of pyridine rings is 1. The minimum Gasteiger partial charge on any atom is -0.377 e. The predicted molar refractivity (Wildman–Crippen MR) is 116 cm³/mol. The highest BCUT2D eigenvalue weighted by Crippen LogP contribution is 2.35. The first-order valence-electron chi connectivity index (χ1n) is 9.16. The van der Waals surface area contributed by atoms with Crippen LogP contribution < -0.4 is 10.6 Å². The van der Waals surface area contributed by atoms with E-state index in [0.29, 0.717) is 22.2 Å². The quantitative estimate of drug-likeness (QED) is 0.444. The second-order valence-corrected chi connectivity index (χ2v) is 7.05. The van der Waals surface area contributed by atoms with Crippen molar-refractivity contribution < 1.29 is 4.39 Å². The lowest BCUT2D eigenvalue weighted by Crippen LogP contribution is -2.09. The van der Waals surface area contributed by atoms with Gasteiger partial charge in [-0.2, -0.15) is 0 Å². The van der Waals surface area contributed by atoms with E-state index >= 15 is 0 Å². The van der Waals surface area contributed by atoms with Gasteiger partial charge in [0.15, 0.2) is 0 Å². The number of halogens is 2. The van der Waals surface area contributed by atoms with E-state index in [0.717, 1.165) is 22.0 Å². The molecule has 2 aromatic heterocycles. The van der Waals surface area contributed by atoms with Gasteiger partial charge in [0, 0.05) is 42.2 Å². The third-order valence-corrected chi connectivity index (χ3v) is 5.05. The average Bonchev–Trinajstić information content (AvgIpc) is 2.75. The molecular formula is C22H19ClFN5. The summed E-state index contributed by atoms with van der Waals surface area (Å²) < 4.78 is 14.2. The standard InChI is InChI=1S/C22H19ClFN5/c1-13(16-5-3-4-6-19(16)24)29-21-17-9-14(7-8-20(17)26-12-18(21)23)15-10-27-22(25-2)28-11-15/h3-13H,1-2H3,(H,26,29)(H,25,27,28). The lowest BCUT2D eigenvalue weighted by atomic mass is 10.0. The van der Waals surface area contributed by atoms with Crippen LogP contribution in [0, 0.1) is 5.82 Å². The number of benzene rings is 2. The highest BCUT2D eigenvalue weighted by molar-refractivity contribution is 6.34. The Kier molecular flexibility index (Phi) is 5.27. The van der Waals surface area contributed by atoms with Gasteiger partial charge in [-0.3, -0.25) is 4.98 Å². The molecule has 4 aromatic rings. The van der Waals surface area contributed by atoms with Crippen LogP contribution in [0.25, 0.3) is 22.0 Å². The van der Waals surface area contributed by atoms with Gasteiger partial charge in [-0.25, -0.2) is 14.4 Å². The van der Waals surface area contributed by atoms with Crippen LogP contribution in [0.2, 0.25) is 5.02 Å². The van der Waals surface area contributed by atoms with E-state index in [1.54, 1.807) is 37.8 Å². The minimum atomic E-state index is -0.277. The Bertz CT molecular complexity index is 1160. The number of aromatic nitrogens is 3. The number of hydrogen-bond donors (Lipinski definition) is 2. The molecule has 0 aliphatic carbocycles. The van der Waals surface area contributed by atoms with Gasteiger partial charge in [-0.1, -0.05) is 35.9 Å². The maximum atomic E-state index is 14.2. The molecule has 0 aliphatic heterocycles. The summed E-state index contributed by atoms with van der Waals surface area (Å²) in [4.78, 5) is 13.0. The number of fused-ring (bicyclic) bond motifs is 1. The van der Waals surface area contributed by atoms with E-state index in [-0.39, 0.29) is 11.9 Å². The van der Waals surface area contributed by atoms with Crippen molar-refractivity contribution in [3.8, 4) is 11.1 Å². The molecule has 0 bridgehead atoms. The number of hydrogen-bond acceptors (Lipinski definition) is 5. The van der Waals surface area contributed by atoms with E-state index < -0.39 is 0 Å². The van der Waals surface area contributed by atoms with Gasteiger partial charge >= 0.3 is 0 Å². The van der Waals surface area contributed by atoms with E-state index in [2.05, 4.69) is 25.6 Å². The molecule has 2 heterocycles. The van der Waals surface area contributed by atoms with Crippen LogP contribution in [0.15, 0.2) is 61.1 Å². The van der Waals surface area contributed by atoms with Gasteiger partial charge in [-0.15, -0.1) is 0 Å². The van der Waals surface area contributed by atoms with Crippen LogP contribution in [0.3, 0.4) is 0 Å². The third-order valence-electron chi connectivity index (χ3n) is 4.76. The molecule has 2 aromatic carbocycles. The minimum absolute atomic E-state index is 0.260. The molecule has 4 rings (SSSR count). The van der Waals surface area contributed by atoms with Crippen LogP contribution in [0.1, 0.15) is 18.5 Å². The lowest BCUT2D eigenvalue weighted by Gasteiger charge is -2.19. The number of nitrogens with one attached hydrogen (secondary N) is 2. The van der Waals surface area contributed by atoms with Crippen molar-refractivity contribution >= 4 is 34.1 Å². The van der Waals surface area contributed by atoms with Gasteiger partial charge in [0.2, 0.25) is 5.95 Å². The largest absolute Gasteiger partial charge is 0.377 e. The zero-order valence-corrected chi connectivity index (χ0v) is 16.7. The second kappa shape index (κ2) is 8.01. The zero-order valence-electron chi connectivity index (χ0n) is 15.9. The predicted octanol–water partition coefficient (Wildman–Crippen LogP) is 5.70. The van der Waals surface area contributed by atoms with Gasteiger partial charge in [0.1, 0.15) is 5.82 Å². The SMILES string of the molecule is CNc1ncc(-c2ccc3ncc(Cl)c(NC(C)c4ccccc4F)c3c2)cn1. The molecular weight excluding hydrogens is 389 g/mol. The molecule has 1 unspecified atom stereocenters. The lowest BCUT2D eigenvalue weighted by molar-refractivity contribution is 0.600. The van der Waals surface area contributed by atoms with E-state index in [9.17, 15) is 4.39 Å². The molecule has 146 valence electrons. The number of rotatable bonds is 5. The van der Waals surface area contributed by atoms with Crippen molar-refractivity contribution in [2.75, 3.05) is 17.7 Å². The van der Waals surface area contributed by atoms with Gasteiger partial charge in [0.25, 0.3) is 0 Å². The summed E-state index contributed by atoms with van der Waals surface area (Å²) >= 11 is 6.46. The van der Waals surface area contributed by atoms with E-state index in [1.807, 2.05) is 31.2 Å². The second-order valence-electron chi connectivity index (χ2n) is 6.65. The summed E-state index contributed by atoms with van der Waals surface area (Å²) in [6.07, 6.45) is 5.12. The first-order valence-corrected chi connectivity index (χ1v) is 9.54. The van der Waals surface area contributed by atoms with Gasteiger partial charge in [-0.05, 0) is 30.7 Å². The summed E-state index contributed by atoms with van der Waals surface area (Å²) in [6.45, 7) is 1.90. The molecule has 0 amide bonds. The third kappa shape index (κ3) is 3.84. The first kappa shape index (κ1) is 19.1. The van der Waals surface area contributed by atoms with Crippen LogP contribution >= 0.6 is 11.6 Å². The smallest absolute Gasteiger partial charge is 0.222 e. The number of nitrogens with zero attached hydrogens (tertiary/aromatic N) is 3. The zero-order chi connectivity index (χ0) is 20.4. The summed E-state index contributed by atoms with van der Waals surface area (Å²) in [7, 11) is 1.77. The highest BCUT2D eigenvalue weighted by Gasteiger charge is 2.15. The molecule has 0 fully saturated rings. The Balaban J connectivity index is 1.76. The molecule has 2 N–H and O–H groups in total. The van der Waals surface area contributed by atoms with Crippen LogP contribution in [-0.4, -0.2) is 22.0 Å². The fraction of sp³-hybridized carbons (Fsp3) is 0.136. The molecule has 0 saturated heterocycles. The van der Waals surface area contributed by atoms with Crippen molar-refractivity contribution in [3.05, 3.63) is 77.5 Å². The van der Waals surface area contributed by atoms with E-state index in [4.69, 9.17) is 11.6 Å². The Labute approximate surface area is 173 Å². The molecule has 0 spiro atoms. The van der Waals surface area contributed by atoms with Crippen LogP contribution in [0.5, 0.6) is 0 Å². The van der Waals surface area contributed by atoms with Crippen molar-refractivity contribution in [1.29, 1.82) is 0 Å². The Morgan fingerprint density at radius 1 is 0.966 bits per heavy atom. The van der Waals surface area contributed by atoms with Crippen molar-refractivity contribution in [1.82, 2.24) is 15.0 Å². The fourth-order valence-electron chi connectivity index (χ4n) is 3.22. The van der Waals surface area contributed by atoms with Crippen molar-refractivity contribution in [2.45, 2.75) is 13.0 Å². The number of anilines is 2.